The number of ketones is 1. The van der Waals surface area contributed by atoms with E-state index in [9.17, 15) is 19.1 Å². The normalized spacial score (nSPS) is 17.6. The molecule has 0 spiro atoms. The molecule has 2 aromatic carbocycles. The Labute approximate surface area is 184 Å². The van der Waals surface area contributed by atoms with Crippen molar-refractivity contribution in [1.29, 1.82) is 0 Å². The molecule has 0 bridgehead atoms. The number of ether oxygens (including phenoxy) is 1. The van der Waals surface area contributed by atoms with Gasteiger partial charge in [-0.1, -0.05) is 24.3 Å². The van der Waals surface area contributed by atoms with Crippen LogP contribution in [-0.4, -0.2) is 33.8 Å². The summed E-state index contributed by atoms with van der Waals surface area (Å²) in [5, 5.41) is 11.0. The van der Waals surface area contributed by atoms with Gasteiger partial charge in [0.05, 0.1) is 18.7 Å². The summed E-state index contributed by atoms with van der Waals surface area (Å²) in [5.41, 5.74) is 1.85. The third kappa shape index (κ3) is 3.85. The van der Waals surface area contributed by atoms with Crippen LogP contribution in [0.3, 0.4) is 0 Å². The van der Waals surface area contributed by atoms with Gasteiger partial charge in [0.2, 0.25) is 0 Å². The SMILES string of the molecule is COc1ccc(C2C(=C(O)c3ccc(C)c(F)c3)C(=O)C(=O)N2Cc2ccncc2)cc1. The number of methoxy groups -OCH3 is 1. The van der Waals surface area contributed by atoms with Gasteiger partial charge < -0.3 is 14.7 Å². The van der Waals surface area contributed by atoms with E-state index in [1.54, 1.807) is 55.7 Å². The van der Waals surface area contributed by atoms with E-state index in [2.05, 4.69) is 4.98 Å². The van der Waals surface area contributed by atoms with Crippen molar-refractivity contribution in [2.75, 3.05) is 7.11 Å². The molecule has 1 unspecified atom stereocenters. The maximum Gasteiger partial charge on any atom is 0.295 e. The molecule has 3 aromatic rings. The summed E-state index contributed by atoms with van der Waals surface area (Å²) in [6, 6.07) is 13.7. The first kappa shape index (κ1) is 21.2. The van der Waals surface area contributed by atoms with E-state index < -0.39 is 29.3 Å². The first-order valence-corrected chi connectivity index (χ1v) is 9.98. The number of Topliss-reactive ketones (excluding diaryl/α,β-unsaturated/α-hetero) is 1. The second-order valence-electron chi connectivity index (χ2n) is 7.52. The van der Waals surface area contributed by atoms with E-state index in [4.69, 9.17) is 4.74 Å². The molecule has 4 rings (SSSR count). The predicted molar refractivity (Wildman–Crippen MR) is 116 cm³/mol. The third-order valence-corrected chi connectivity index (χ3v) is 5.52. The topological polar surface area (TPSA) is 79.7 Å². The van der Waals surface area contributed by atoms with Crippen molar-refractivity contribution < 1.29 is 23.8 Å². The third-order valence-electron chi connectivity index (χ3n) is 5.52. The number of pyridine rings is 1. The molecular weight excluding hydrogens is 411 g/mol. The molecule has 1 N–H and O–H groups in total. The van der Waals surface area contributed by atoms with Crippen LogP contribution in [-0.2, 0) is 16.1 Å². The van der Waals surface area contributed by atoms with E-state index in [-0.39, 0.29) is 17.7 Å². The Morgan fingerprint density at radius 2 is 1.78 bits per heavy atom. The average Bonchev–Trinajstić information content (AvgIpc) is 3.06. The molecule has 2 heterocycles. The Balaban J connectivity index is 1.86. The van der Waals surface area contributed by atoms with Crippen molar-refractivity contribution in [2.45, 2.75) is 19.5 Å². The van der Waals surface area contributed by atoms with Gasteiger partial charge in [-0.3, -0.25) is 14.6 Å². The number of halogens is 1. The Morgan fingerprint density at radius 1 is 1.09 bits per heavy atom. The van der Waals surface area contributed by atoms with Crippen LogP contribution in [0.4, 0.5) is 4.39 Å². The van der Waals surface area contributed by atoms with Crippen LogP contribution in [0, 0.1) is 12.7 Å². The summed E-state index contributed by atoms with van der Waals surface area (Å²) in [6.45, 7) is 1.74. The van der Waals surface area contributed by atoms with E-state index in [0.29, 0.717) is 16.9 Å². The van der Waals surface area contributed by atoms with Gasteiger partial charge in [0, 0.05) is 24.5 Å². The zero-order valence-corrected chi connectivity index (χ0v) is 17.6. The number of aliphatic hydroxyl groups excluding tert-OH is 1. The van der Waals surface area contributed by atoms with Crippen LogP contribution in [0.15, 0.2) is 72.6 Å². The number of likely N-dealkylation sites (tertiary alicyclic amines) is 1. The standard InChI is InChI=1S/C25H21FN2O4/c1-15-3-4-18(13-20(15)26)23(29)21-22(17-5-7-19(32-2)8-6-17)28(25(31)24(21)30)14-16-9-11-27-12-10-16/h3-13,22,29H,14H2,1-2H3. The Bertz CT molecular complexity index is 1210. The molecule has 1 fully saturated rings. The Kier molecular flexibility index (Phi) is 5.73. The molecule has 7 heteroatoms. The number of carbonyl (C=O) groups is 2. The molecule has 162 valence electrons. The minimum Gasteiger partial charge on any atom is -0.507 e. The number of benzene rings is 2. The monoisotopic (exact) mass is 432 g/mol. The fourth-order valence-corrected chi connectivity index (χ4v) is 3.76. The minimum atomic E-state index is -0.849. The minimum absolute atomic E-state index is 0.0857. The zero-order valence-electron chi connectivity index (χ0n) is 17.6. The summed E-state index contributed by atoms with van der Waals surface area (Å²) in [5.74, 6) is -1.88. The number of nitrogens with zero attached hydrogens (tertiary/aromatic N) is 2. The van der Waals surface area contributed by atoms with E-state index in [1.807, 2.05) is 0 Å². The summed E-state index contributed by atoms with van der Waals surface area (Å²) >= 11 is 0. The summed E-state index contributed by atoms with van der Waals surface area (Å²) in [6.07, 6.45) is 3.20. The highest BCUT2D eigenvalue weighted by molar-refractivity contribution is 6.46. The lowest BCUT2D eigenvalue weighted by Crippen LogP contribution is -2.29. The van der Waals surface area contributed by atoms with Gasteiger partial charge in [0.1, 0.15) is 17.3 Å². The highest BCUT2D eigenvalue weighted by atomic mass is 19.1. The molecule has 1 atom stereocenters. The number of hydrogen-bond acceptors (Lipinski definition) is 5. The van der Waals surface area contributed by atoms with Gasteiger partial charge in [-0.25, -0.2) is 4.39 Å². The number of hydrogen-bond donors (Lipinski definition) is 1. The number of aryl methyl sites for hydroxylation is 1. The molecule has 1 aromatic heterocycles. The number of aliphatic hydroxyl groups is 1. The smallest absolute Gasteiger partial charge is 0.295 e. The molecular formula is C25H21FN2O4. The van der Waals surface area contributed by atoms with Crippen LogP contribution >= 0.6 is 0 Å². The van der Waals surface area contributed by atoms with Crippen LogP contribution in [0.2, 0.25) is 0 Å². The highest BCUT2D eigenvalue weighted by Crippen LogP contribution is 2.40. The van der Waals surface area contributed by atoms with Gasteiger partial charge in [-0.15, -0.1) is 0 Å². The van der Waals surface area contributed by atoms with Crippen molar-refractivity contribution in [3.63, 3.8) is 0 Å². The fourth-order valence-electron chi connectivity index (χ4n) is 3.76. The fraction of sp³-hybridized carbons (Fsp3) is 0.160. The van der Waals surface area contributed by atoms with Gasteiger partial charge >= 0.3 is 0 Å². The second kappa shape index (κ2) is 8.63. The first-order chi connectivity index (χ1) is 15.4. The molecule has 1 aliphatic rings. The molecule has 0 aliphatic carbocycles. The quantitative estimate of drug-likeness (QED) is 0.372. The van der Waals surface area contributed by atoms with Crippen molar-refractivity contribution >= 4 is 17.4 Å². The van der Waals surface area contributed by atoms with Crippen LogP contribution in [0.25, 0.3) is 5.76 Å². The number of aromatic nitrogens is 1. The Hall–Kier alpha value is -4.00. The van der Waals surface area contributed by atoms with Crippen molar-refractivity contribution in [1.82, 2.24) is 9.88 Å². The molecule has 1 aliphatic heterocycles. The molecule has 6 nitrogen and oxygen atoms in total. The molecule has 1 amide bonds. The van der Waals surface area contributed by atoms with Crippen LogP contribution < -0.4 is 4.74 Å². The van der Waals surface area contributed by atoms with Gasteiger partial charge in [-0.2, -0.15) is 0 Å². The lowest BCUT2D eigenvalue weighted by Gasteiger charge is -2.25. The van der Waals surface area contributed by atoms with E-state index in [1.165, 1.54) is 24.1 Å². The summed E-state index contributed by atoms with van der Waals surface area (Å²) in [7, 11) is 1.54. The summed E-state index contributed by atoms with van der Waals surface area (Å²) < 4.78 is 19.4. The molecule has 32 heavy (non-hydrogen) atoms. The van der Waals surface area contributed by atoms with Gasteiger partial charge in [0.15, 0.2) is 0 Å². The number of rotatable bonds is 5. The molecule has 0 radical (unpaired) electrons. The van der Waals surface area contributed by atoms with Crippen molar-refractivity contribution in [3.05, 3.63) is 101 Å². The second-order valence-corrected chi connectivity index (χ2v) is 7.52. The lowest BCUT2D eigenvalue weighted by atomic mass is 9.94. The summed E-state index contributed by atoms with van der Waals surface area (Å²) in [4.78, 5) is 31.4. The largest absolute Gasteiger partial charge is 0.507 e. The van der Waals surface area contributed by atoms with Crippen molar-refractivity contribution in [2.24, 2.45) is 0 Å². The number of carbonyl (C=O) groups excluding carboxylic acids is 2. The van der Waals surface area contributed by atoms with Crippen LogP contribution in [0.1, 0.15) is 28.3 Å². The highest BCUT2D eigenvalue weighted by Gasteiger charge is 2.46. The number of amides is 1. The van der Waals surface area contributed by atoms with Gasteiger partial charge in [-0.05, 0) is 53.9 Å². The molecule has 0 saturated carbocycles. The average molecular weight is 432 g/mol. The van der Waals surface area contributed by atoms with E-state index in [0.717, 1.165) is 11.6 Å². The van der Waals surface area contributed by atoms with E-state index >= 15 is 0 Å². The zero-order chi connectivity index (χ0) is 22.8. The van der Waals surface area contributed by atoms with Crippen LogP contribution in [0.5, 0.6) is 5.75 Å². The predicted octanol–water partition coefficient (Wildman–Crippen LogP) is 4.16. The maximum atomic E-state index is 14.2. The van der Waals surface area contributed by atoms with Crippen molar-refractivity contribution in [3.8, 4) is 5.75 Å². The first-order valence-electron chi connectivity index (χ1n) is 9.98. The lowest BCUT2D eigenvalue weighted by molar-refractivity contribution is -0.140. The Morgan fingerprint density at radius 3 is 2.41 bits per heavy atom. The van der Waals surface area contributed by atoms with Gasteiger partial charge in [0.25, 0.3) is 11.7 Å². The maximum absolute atomic E-state index is 14.2. The molecule has 1 saturated heterocycles.